The van der Waals surface area contributed by atoms with Gasteiger partial charge in [-0.25, -0.2) is 0 Å². The maximum absolute atomic E-state index is 11.2. The third kappa shape index (κ3) is 2.32. The molecule has 1 aromatic rings. The number of aromatic amines is 1. The van der Waals surface area contributed by atoms with Crippen LogP contribution in [0.1, 0.15) is 0 Å². The van der Waals surface area contributed by atoms with E-state index in [2.05, 4.69) is 10.3 Å². The van der Waals surface area contributed by atoms with Crippen LogP contribution in [-0.2, 0) is 10.5 Å². The molecule has 20 heavy (non-hydrogen) atoms. The van der Waals surface area contributed by atoms with Gasteiger partial charge in [0.05, 0.1) is 6.61 Å². The summed E-state index contributed by atoms with van der Waals surface area (Å²) in [5, 5.41) is 32.3. The Labute approximate surface area is 119 Å². The predicted molar refractivity (Wildman–Crippen MR) is 71.8 cm³/mol. The molecule has 8 nitrogen and oxygen atoms in total. The summed E-state index contributed by atoms with van der Waals surface area (Å²) in [4.78, 5) is 13.7. The van der Waals surface area contributed by atoms with E-state index in [4.69, 9.17) is 17.0 Å². The molecule has 5 N–H and O–H groups in total. The second-order valence-electron chi connectivity index (χ2n) is 4.63. The molecule has 1 fully saturated rings. The fourth-order valence-corrected chi connectivity index (χ4v) is 2.73. The molecule has 1 saturated heterocycles. The zero-order valence-electron chi connectivity index (χ0n) is 10.8. The topological polar surface area (TPSA) is 120 Å². The molecule has 2 heterocycles. The van der Waals surface area contributed by atoms with E-state index in [-0.39, 0.29) is 16.9 Å². The third-order valence-corrected chi connectivity index (χ3v) is 3.66. The number of aliphatic hydroxyl groups is 3. The average Bonchev–Trinajstić information content (AvgIpc) is 2.65. The monoisotopic (exact) mass is 303 g/mol. The molecule has 1 aliphatic rings. The number of H-pyrrole nitrogens is 1. The van der Waals surface area contributed by atoms with Crippen molar-refractivity contribution < 1.29 is 20.1 Å². The fourth-order valence-electron chi connectivity index (χ4n) is 2.42. The first-order chi connectivity index (χ1) is 9.46. The van der Waals surface area contributed by atoms with Crippen LogP contribution in [0.3, 0.4) is 0 Å². The highest BCUT2D eigenvalue weighted by molar-refractivity contribution is 7.71. The summed E-state index contributed by atoms with van der Waals surface area (Å²) in [5.74, 6) is 0. The minimum atomic E-state index is -1.40. The van der Waals surface area contributed by atoms with Crippen molar-refractivity contribution in [2.24, 2.45) is 0 Å². The average molecular weight is 303 g/mol. The van der Waals surface area contributed by atoms with Crippen LogP contribution in [0.2, 0.25) is 0 Å². The molecule has 0 aromatic carbocycles. The van der Waals surface area contributed by atoms with Crippen molar-refractivity contribution in [2.45, 2.75) is 24.0 Å². The largest absolute Gasteiger partial charge is 0.394 e. The SMILES string of the molecule is CNC[C@@]1(n2ccc(=O)[nH]c2=S)O[C@H](CO)[C@@H](O)[C@H]1O. The highest BCUT2D eigenvalue weighted by Crippen LogP contribution is 2.35. The summed E-state index contributed by atoms with van der Waals surface area (Å²) >= 11 is 5.07. The lowest BCUT2D eigenvalue weighted by atomic mass is 10.0. The Morgan fingerprint density at radius 1 is 1.60 bits per heavy atom. The number of rotatable bonds is 4. The Morgan fingerprint density at radius 3 is 2.80 bits per heavy atom. The molecule has 0 saturated carbocycles. The minimum absolute atomic E-state index is 0.0533. The van der Waals surface area contributed by atoms with E-state index in [1.54, 1.807) is 7.05 Å². The Balaban J connectivity index is 2.55. The van der Waals surface area contributed by atoms with Gasteiger partial charge in [-0.3, -0.25) is 14.3 Å². The minimum Gasteiger partial charge on any atom is -0.394 e. The van der Waals surface area contributed by atoms with Gasteiger partial charge in [-0.15, -0.1) is 0 Å². The van der Waals surface area contributed by atoms with Crippen molar-refractivity contribution in [1.29, 1.82) is 0 Å². The van der Waals surface area contributed by atoms with Crippen LogP contribution in [0.25, 0.3) is 0 Å². The maximum atomic E-state index is 11.2. The van der Waals surface area contributed by atoms with E-state index in [1.807, 2.05) is 0 Å². The Bertz CT molecular complexity index is 588. The molecule has 1 aromatic heterocycles. The Morgan fingerprint density at radius 2 is 2.30 bits per heavy atom. The van der Waals surface area contributed by atoms with Gasteiger partial charge in [-0.05, 0) is 19.3 Å². The van der Waals surface area contributed by atoms with Crippen molar-refractivity contribution in [1.82, 2.24) is 14.9 Å². The number of nitrogens with one attached hydrogen (secondary N) is 2. The van der Waals surface area contributed by atoms with Gasteiger partial charge in [-0.2, -0.15) is 0 Å². The molecule has 2 rings (SSSR count). The van der Waals surface area contributed by atoms with Crippen LogP contribution in [0.15, 0.2) is 17.1 Å². The highest BCUT2D eigenvalue weighted by atomic mass is 32.1. The van der Waals surface area contributed by atoms with Crippen molar-refractivity contribution >= 4 is 12.2 Å². The summed E-state index contributed by atoms with van der Waals surface area (Å²) in [7, 11) is 1.64. The van der Waals surface area contributed by atoms with Crippen LogP contribution in [0, 0.1) is 4.77 Å². The molecule has 0 unspecified atom stereocenters. The number of hydrogen-bond donors (Lipinski definition) is 5. The molecule has 1 aliphatic heterocycles. The molecule has 0 amide bonds. The second kappa shape index (κ2) is 5.72. The van der Waals surface area contributed by atoms with Gasteiger partial charge in [0, 0.05) is 18.8 Å². The van der Waals surface area contributed by atoms with E-state index in [0.29, 0.717) is 0 Å². The summed E-state index contributed by atoms with van der Waals surface area (Å²) < 4.78 is 7.05. The molecule has 0 spiro atoms. The first-order valence-corrected chi connectivity index (χ1v) is 6.49. The van der Waals surface area contributed by atoms with Crippen LogP contribution < -0.4 is 10.9 Å². The van der Waals surface area contributed by atoms with E-state index in [1.165, 1.54) is 16.8 Å². The molecule has 0 radical (unpaired) electrons. The first-order valence-electron chi connectivity index (χ1n) is 6.08. The molecule has 0 aliphatic carbocycles. The van der Waals surface area contributed by atoms with Crippen molar-refractivity contribution in [3.8, 4) is 0 Å². The normalized spacial score (nSPS) is 33.5. The number of aromatic nitrogens is 2. The lowest BCUT2D eigenvalue weighted by Crippen LogP contribution is -2.52. The van der Waals surface area contributed by atoms with Gasteiger partial charge in [-0.1, -0.05) is 0 Å². The number of hydrogen-bond acceptors (Lipinski definition) is 7. The first kappa shape index (κ1) is 15.3. The maximum Gasteiger partial charge on any atom is 0.251 e. The van der Waals surface area contributed by atoms with Gasteiger partial charge in [0.1, 0.15) is 18.3 Å². The van der Waals surface area contributed by atoms with Gasteiger partial charge in [0.15, 0.2) is 10.5 Å². The molecular weight excluding hydrogens is 286 g/mol. The van der Waals surface area contributed by atoms with E-state index < -0.39 is 30.6 Å². The van der Waals surface area contributed by atoms with Gasteiger partial charge >= 0.3 is 0 Å². The summed E-state index contributed by atoms with van der Waals surface area (Å²) in [6.45, 7) is -0.317. The van der Waals surface area contributed by atoms with E-state index >= 15 is 0 Å². The molecule has 4 atom stereocenters. The number of likely N-dealkylation sites (N-methyl/N-ethyl adjacent to an activating group) is 1. The van der Waals surface area contributed by atoms with Crippen molar-refractivity contribution in [3.63, 3.8) is 0 Å². The smallest absolute Gasteiger partial charge is 0.251 e. The Hall–Kier alpha value is -1.10. The standard InChI is InChI=1S/C11H17N3O5S/c1-12-5-11(9(18)8(17)6(4-15)19-11)14-3-2-7(16)13-10(14)20/h2-3,6,8-9,12,15,17-18H,4-5H2,1H3,(H,13,16,20)/t6-,8-,9-,11-/m1/s1. The summed E-state index contributed by atoms with van der Waals surface area (Å²) in [6, 6.07) is 1.24. The molecule has 0 bridgehead atoms. The number of ether oxygens (including phenoxy) is 1. The van der Waals surface area contributed by atoms with Crippen molar-refractivity contribution in [2.75, 3.05) is 20.2 Å². The van der Waals surface area contributed by atoms with Crippen LogP contribution in [0.5, 0.6) is 0 Å². The summed E-state index contributed by atoms with van der Waals surface area (Å²) in [6.07, 6.45) is -2.13. The van der Waals surface area contributed by atoms with E-state index in [0.717, 1.165) is 0 Å². The van der Waals surface area contributed by atoms with Gasteiger partial charge in [0.25, 0.3) is 5.56 Å². The lowest BCUT2D eigenvalue weighted by molar-refractivity contribution is -0.146. The Kier molecular flexibility index (Phi) is 4.37. The quantitative estimate of drug-likeness (QED) is 0.404. The molecule has 9 heteroatoms. The predicted octanol–water partition coefficient (Wildman–Crippen LogP) is -2.11. The molecule has 112 valence electrons. The number of aliphatic hydroxyl groups excluding tert-OH is 3. The van der Waals surface area contributed by atoms with E-state index in [9.17, 15) is 20.1 Å². The fraction of sp³-hybridized carbons (Fsp3) is 0.636. The summed E-state index contributed by atoms with van der Waals surface area (Å²) in [5.41, 5.74) is -1.78. The van der Waals surface area contributed by atoms with Crippen molar-refractivity contribution in [3.05, 3.63) is 27.4 Å². The van der Waals surface area contributed by atoms with Gasteiger partial charge < -0.3 is 25.4 Å². The third-order valence-electron chi connectivity index (χ3n) is 3.36. The molecular formula is C11H17N3O5S. The highest BCUT2D eigenvalue weighted by Gasteiger charge is 2.55. The van der Waals surface area contributed by atoms with Crippen LogP contribution in [0.4, 0.5) is 0 Å². The van der Waals surface area contributed by atoms with Gasteiger partial charge in [0.2, 0.25) is 0 Å². The second-order valence-corrected chi connectivity index (χ2v) is 5.02. The van der Waals surface area contributed by atoms with Crippen LogP contribution >= 0.6 is 12.2 Å². The number of nitrogens with zero attached hydrogens (tertiary/aromatic N) is 1. The lowest BCUT2D eigenvalue weighted by Gasteiger charge is -2.34. The zero-order valence-corrected chi connectivity index (χ0v) is 11.6. The zero-order chi connectivity index (χ0) is 14.9. The van der Waals surface area contributed by atoms with Crippen LogP contribution in [-0.4, -0.2) is 63.4 Å².